The molecule has 7 heteroatoms. The second kappa shape index (κ2) is 8.87. The van der Waals surface area contributed by atoms with E-state index in [1.165, 1.54) is 23.1 Å². The van der Waals surface area contributed by atoms with Crippen molar-refractivity contribution >= 4 is 11.5 Å². The standard InChI is InChI=1S/C31H41F2N5/c1-19-6-10-30(24-14-21(34)4-5-22(19)24)11-7-23-26(17-30)35-28(36-29(23)37(2)27-15-25(27)33)8-12-31-9-3-13-38(31)18-20(32)16-31/h4-5,14,19-20,25,27H,3,6-13,15-18,34H2,1-2H3. The summed E-state index contributed by atoms with van der Waals surface area (Å²) in [6.07, 6.45) is 8.72. The number of rotatable bonds is 5. The van der Waals surface area contributed by atoms with Crippen LogP contribution in [0.3, 0.4) is 0 Å². The predicted molar refractivity (Wildman–Crippen MR) is 147 cm³/mol. The molecule has 2 aromatic rings. The number of aromatic nitrogens is 2. The van der Waals surface area contributed by atoms with E-state index in [1.807, 2.05) is 13.1 Å². The number of nitrogen functional groups attached to an aromatic ring is 1. The van der Waals surface area contributed by atoms with Gasteiger partial charge in [-0.25, -0.2) is 18.7 Å². The highest BCUT2D eigenvalue weighted by Gasteiger charge is 2.49. The molecule has 7 rings (SSSR count). The first kappa shape index (κ1) is 24.7. The Morgan fingerprint density at radius 2 is 2.03 bits per heavy atom. The zero-order valence-corrected chi connectivity index (χ0v) is 22.9. The van der Waals surface area contributed by atoms with Crippen LogP contribution in [0.2, 0.25) is 0 Å². The van der Waals surface area contributed by atoms with Crippen LogP contribution in [0.1, 0.15) is 92.4 Å². The third-order valence-corrected chi connectivity index (χ3v) is 10.8. The smallest absolute Gasteiger partial charge is 0.135 e. The summed E-state index contributed by atoms with van der Waals surface area (Å²) < 4.78 is 28.6. The quantitative estimate of drug-likeness (QED) is 0.531. The lowest BCUT2D eigenvalue weighted by atomic mass is 9.60. The van der Waals surface area contributed by atoms with Crippen molar-refractivity contribution in [2.45, 2.75) is 113 Å². The van der Waals surface area contributed by atoms with E-state index in [4.69, 9.17) is 15.7 Å². The number of nitrogens with two attached hydrogens (primary N) is 1. The van der Waals surface area contributed by atoms with Gasteiger partial charge >= 0.3 is 0 Å². The van der Waals surface area contributed by atoms with Crippen LogP contribution in [-0.2, 0) is 24.7 Å². The number of benzene rings is 1. The van der Waals surface area contributed by atoms with Gasteiger partial charge in [-0.05, 0) is 93.5 Å². The molecule has 38 heavy (non-hydrogen) atoms. The number of hydrogen-bond acceptors (Lipinski definition) is 5. The minimum atomic E-state index is -0.774. The van der Waals surface area contributed by atoms with Crippen LogP contribution in [-0.4, -0.2) is 58.9 Å². The normalized spacial score (nSPS) is 35.7. The molecule has 2 aliphatic heterocycles. The lowest BCUT2D eigenvalue weighted by molar-refractivity contribution is 0.181. The van der Waals surface area contributed by atoms with Crippen molar-refractivity contribution in [1.82, 2.24) is 14.9 Å². The molecular weight excluding hydrogens is 480 g/mol. The maximum absolute atomic E-state index is 14.4. The predicted octanol–water partition coefficient (Wildman–Crippen LogP) is 5.44. The first-order chi connectivity index (χ1) is 18.3. The van der Waals surface area contributed by atoms with E-state index in [0.717, 1.165) is 80.9 Å². The molecule has 3 aliphatic carbocycles. The highest BCUT2D eigenvalue weighted by Crippen LogP contribution is 2.51. The summed E-state index contributed by atoms with van der Waals surface area (Å²) in [6.45, 7) is 3.90. The van der Waals surface area contributed by atoms with Crippen LogP contribution in [0.15, 0.2) is 18.2 Å². The van der Waals surface area contributed by atoms with Crippen molar-refractivity contribution in [3.8, 4) is 0 Å². The average Bonchev–Trinajstić information content (AvgIpc) is 3.38. The zero-order chi connectivity index (χ0) is 26.2. The van der Waals surface area contributed by atoms with Gasteiger partial charge in [0.2, 0.25) is 0 Å². The Balaban J connectivity index is 1.24. The van der Waals surface area contributed by atoms with E-state index in [0.29, 0.717) is 25.3 Å². The molecule has 3 fully saturated rings. The SMILES string of the molecule is CC1CCC2(CCc3c(nc(CCC45CCCN4CC(F)C5)nc3N(C)C3CC3F)C2)c2cc(N)ccc21. The van der Waals surface area contributed by atoms with Gasteiger partial charge in [0, 0.05) is 48.6 Å². The van der Waals surface area contributed by atoms with E-state index < -0.39 is 12.3 Å². The van der Waals surface area contributed by atoms with E-state index in [2.05, 4.69) is 28.9 Å². The van der Waals surface area contributed by atoms with E-state index >= 15 is 0 Å². The number of halogens is 2. The highest BCUT2D eigenvalue weighted by molar-refractivity contribution is 5.56. The number of aryl methyl sites for hydroxylation is 1. The van der Waals surface area contributed by atoms with Gasteiger partial charge in [0.25, 0.3) is 0 Å². The summed E-state index contributed by atoms with van der Waals surface area (Å²) in [5.74, 6) is 2.31. The monoisotopic (exact) mass is 521 g/mol. The highest BCUT2D eigenvalue weighted by atomic mass is 19.1. The molecule has 0 amide bonds. The second-order valence-corrected chi connectivity index (χ2v) is 13.1. The minimum absolute atomic E-state index is 0.0392. The summed E-state index contributed by atoms with van der Waals surface area (Å²) in [5, 5.41) is 0. The van der Waals surface area contributed by atoms with Gasteiger partial charge in [-0.3, -0.25) is 4.90 Å². The van der Waals surface area contributed by atoms with Crippen LogP contribution >= 0.6 is 0 Å². The average molecular weight is 522 g/mol. The van der Waals surface area contributed by atoms with E-state index in [9.17, 15) is 8.78 Å². The molecule has 6 atom stereocenters. The van der Waals surface area contributed by atoms with Crippen molar-refractivity contribution in [2.24, 2.45) is 0 Å². The maximum Gasteiger partial charge on any atom is 0.135 e. The Labute approximate surface area is 225 Å². The van der Waals surface area contributed by atoms with Gasteiger partial charge in [-0.2, -0.15) is 0 Å². The summed E-state index contributed by atoms with van der Waals surface area (Å²) in [5.41, 5.74) is 12.3. The molecule has 5 aliphatic rings. The molecule has 0 radical (unpaired) electrons. The van der Waals surface area contributed by atoms with Crippen LogP contribution < -0.4 is 10.6 Å². The van der Waals surface area contributed by atoms with Crippen LogP contribution in [0.25, 0.3) is 0 Å². The van der Waals surface area contributed by atoms with Crippen molar-refractivity contribution in [1.29, 1.82) is 0 Å². The molecule has 1 aromatic carbocycles. The van der Waals surface area contributed by atoms with Gasteiger partial charge in [-0.1, -0.05) is 13.0 Å². The largest absolute Gasteiger partial charge is 0.399 e. The topological polar surface area (TPSA) is 58.3 Å². The third kappa shape index (κ3) is 3.94. The Bertz CT molecular complexity index is 1250. The molecule has 1 aromatic heterocycles. The number of alkyl halides is 2. The first-order valence-electron chi connectivity index (χ1n) is 14.8. The molecule has 204 valence electrons. The molecule has 1 spiro atoms. The summed E-state index contributed by atoms with van der Waals surface area (Å²) in [4.78, 5) is 14.8. The molecule has 2 N–H and O–H groups in total. The van der Waals surface area contributed by atoms with Crippen molar-refractivity contribution in [3.05, 3.63) is 46.4 Å². The first-order valence-corrected chi connectivity index (χ1v) is 14.8. The van der Waals surface area contributed by atoms with Gasteiger partial charge in [0.1, 0.15) is 24.0 Å². The fraction of sp³-hybridized carbons (Fsp3) is 0.677. The molecular formula is C31H41F2N5. The van der Waals surface area contributed by atoms with Gasteiger partial charge in [0.15, 0.2) is 0 Å². The lowest BCUT2D eigenvalue weighted by Crippen LogP contribution is -2.40. The van der Waals surface area contributed by atoms with Crippen LogP contribution in [0, 0.1) is 0 Å². The van der Waals surface area contributed by atoms with Crippen LogP contribution in [0.4, 0.5) is 20.3 Å². The zero-order valence-electron chi connectivity index (χ0n) is 22.9. The number of fused-ring (bicyclic) bond motifs is 4. The van der Waals surface area contributed by atoms with Crippen molar-refractivity contribution < 1.29 is 8.78 Å². The van der Waals surface area contributed by atoms with Crippen LogP contribution in [0.5, 0.6) is 0 Å². The van der Waals surface area contributed by atoms with Gasteiger partial charge in [-0.15, -0.1) is 0 Å². The molecule has 2 saturated heterocycles. The Hall–Kier alpha value is -2.28. The number of hydrogen-bond donors (Lipinski definition) is 1. The Morgan fingerprint density at radius 1 is 1.18 bits per heavy atom. The van der Waals surface area contributed by atoms with Gasteiger partial charge < -0.3 is 10.6 Å². The minimum Gasteiger partial charge on any atom is -0.399 e. The van der Waals surface area contributed by atoms with E-state index in [-0.39, 0.29) is 17.0 Å². The molecule has 0 bridgehead atoms. The fourth-order valence-electron chi connectivity index (χ4n) is 8.50. The fourth-order valence-corrected chi connectivity index (χ4v) is 8.50. The maximum atomic E-state index is 14.4. The molecule has 3 heterocycles. The summed E-state index contributed by atoms with van der Waals surface area (Å²) >= 11 is 0. The third-order valence-electron chi connectivity index (χ3n) is 10.8. The van der Waals surface area contributed by atoms with Gasteiger partial charge in [0.05, 0.1) is 11.7 Å². The molecule has 5 nitrogen and oxygen atoms in total. The van der Waals surface area contributed by atoms with Crippen molar-refractivity contribution in [3.63, 3.8) is 0 Å². The molecule has 1 saturated carbocycles. The lowest BCUT2D eigenvalue weighted by Gasteiger charge is -2.45. The number of anilines is 2. The Kier molecular flexibility index (Phi) is 5.77. The number of nitrogens with zero attached hydrogens (tertiary/aromatic N) is 4. The van der Waals surface area contributed by atoms with Crippen molar-refractivity contribution in [2.75, 3.05) is 30.8 Å². The second-order valence-electron chi connectivity index (χ2n) is 13.1. The Morgan fingerprint density at radius 3 is 2.84 bits per heavy atom. The summed E-state index contributed by atoms with van der Waals surface area (Å²) in [6, 6.07) is 6.40. The van der Waals surface area contributed by atoms with E-state index in [1.54, 1.807) is 0 Å². The molecule has 6 unspecified atom stereocenters. The summed E-state index contributed by atoms with van der Waals surface area (Å²) in [7, 11) is 2.00.